The molecule has 3 aliphatic rings. The van der Waals surface area contributed by atoms with Gasteiger partial charge in [0.1, 0.15) is 6.10 Å². The van der Waals surface area contributed by atoms with E-state index in [9.17, 15) is 9.59 Å². The highest BCUT2D eigenvalue weighted by atomic mass is 127. The second kappa shape index (κ2) is 13.1. The highest BCUT2D eigenvalue weighted by molar-refractivity contribution is 14.1. The van der Waals surface area contributed by atoms with Gasteiger partial charge < -0.3 is 23.4 Å². The highest BCUT2D eigenvalue weighted by Gasteiger charge is 2.57. The zero-order valence-electron chi connectivity index (χ0n) is 26.5. The average Bonchev–Trinajstić information content (AvgIpc) is 2.86. The number of rotatable bonds is 7. The Labute approximate surface area is 257 Å². The summed E-state index contributed by atoms with van der Waals surface area (Å²) in [5, 5.41) is 0. The third-order valence-corrected chi connectivity index (χ3v) is 16.6. The molecule has 3 rings (SSSR count). The van der Waals surface area contributed by atoms with Crippen molar-refractivity contribution < 1.29 is 33.0 Å². The molecule has 0 aliphatic carbocycles. The van der Waals surface area contributed by atoms with Gasteiger partial charge in [0, 0.05) is 30.8 Å². The lowest BCUT2D eigenvalue weighted by Gasteiger charge is -2.52. The van der Waals surface area contributed by atoms with Crippen LogP contribution in [0.25, 0.3) is 0 Å². The number of carbonyl (C=O) groups excluding carboxylic acids is 2. The van der Waals surface area contributed by atoms with Crippen LogP contribution in [-0.4, -0.2) is 63.5 Å². The van der Waals surface area contributed by atoms with Crippen molar-refractivity contribution in [3.05, 3.63) is 10.2 Å². The molecule has 0 aromatic carbocycles. The number of ether oxygens (including phenoxy) is 4. The van der Waals surface area contributed by atoms with Crippen LogP contribution >= 0.6 is 22.6 Å². The summed E-state index contributed by atoms with van der Waals surface area (Å²) in [7, 11) is -0.665. The molecule has 0 saturated carbocycles. The molecule has 0 aromatic heterocycles. The van der Waals surface area contributed by atoms with Gasteiger partial charge in [-0.1, -0.05) is 91.8 Å². The molecule has 0 amide bonds. The molecule has 4 bridgehead atoms. The second-order valence-corrected chi connectivity index (χ2v) is 20.0. The molecule has 0 unspecified atom stereocenters. The third-order valence-electron chi connectivity index (χ3n) is 10.1. The first-order valence-corrected chi connectivity index (χ1v) is 18.5. The normalized spacial score (nSPS) is 37.5. The number of carbonyl (C=O) groups is 2. The molecule has 3 heterocycles. The summed E-state index contributed by atoms with van der Waals surface area (Å²) in [6.07, 6.45) is 1.69. The van der Waals surface area contributed by atoms with Crippen molar-refractivity contribution >= 4 is 42.7 Å². The summed E-state index contributed by atoms with van der Waals surface area (Å²) >= 11 is 2.15. The minimum Gasteiger partial charge on any atom is -0.457 e. The van der Waals surface area contributed by atoms with Gasteiger partial charge in [-0.05, 0) is 39.6 Å². The maximum atomic E-state index is 13.7. The summed E-state index contributed by atoms with van der Waals surface area (Å²) in [6, 6.07) is 0. The maximum absolute atomic E-state index is 13.7. The fraction of sp³-hybridized carbons (Fsp3) is 0.871. The van der Waals surface area contributed by atoms with Crippen LogP contribution in [0.2, 0.25) is 16.6 Å². The van der Waals surface area contributed by atoms with E-state index in [4.69, 9.17) is 23.4 Å². The van der Waals surface area contributed by atoms with Gasteiger partial charge in [-0.2, -0.15) is 0 Å². The first-order chi connectivity index (χ1) is 18.5. The number of methoxy groups -OCH3 is 1. The minimum atomic E-state index is -2.22. The summed E-state index contributed by atoms with van der Waals surface area (Å²) < 4.78 is 34.6. The molecule has 0 aromatic rings. The fourth-order valence-corrected chi connectivity index (χ4v) is 13.7. The van der Waals surface area contributed by atoms with E-state index >= 15 is 0 Å². The predicted molar refractivity (Wildman–Crippen MR) is 168 cm³/mol. The van der Waals surface area contributed by atoms with Gasteiger partial charge in [0.25, 0.3) is 0 Å². The Morgan fingerprint density at radius 3 is 2.15 bits per heavy atom. The zero-order valence-corrected chi connectivity index (χ0v) is 29.6. The molecule has 8 atom stereocenters. The number of cyclic esters (lactones) is 1. The van der Waals surface area contributed by atoms with Gasteiger partial charge in [-0.3, -0.25) is 9.59 Å². The lowest BCUT2D eigenvalue weighted by Crippen LogP contribution is -2.61. The Hall–Kier alpha value is -0.333. The lowest BCUT2D eigenvalue weighted by atomic mass is 9.73. The number of Topliss-reactive ketones (excluding diaryl/α,β-unsaturated/α-hetero) is 1. The number of ketones is 1. The van der Waals surface area contributed by atoms with Crippen LogP contribution in [0, 0.1) is 17.3 Å². The molecule has 40 heavy (non-hydrogen) atoms. The van der Waals surface area contributed by atoms with E-state index in [0.29, 0.717) is 29.5 Å². The number of hydrogen-bond acceptors (Lipinski definition) is 7. The molecule has 0 radical (unpaired) electrons. The Morgan fingerprint density at radius 1 is 1.02 bits per heavy atom. The maximum Gasteiger partial charge on any atom is 0.309 e. The van der Waals surface area contributed by atoms with Crippen molar-refractivity contribution in [2.75, 3.05) is 7.11 Å². The molecule has 3 fully saturated rings. The summed E-state index contributed by atoms with van der Waals surface area (Å²) in [5.74, 6) is -2.06. The molecular weight excluding hydrogens is 639 g/mol. The molecule has 9 heteroatoms. The Balaban J connectivity index is 2.09. The zero-order chi connectivity index (χ0) is 30.2. The number of halogens is 1. The van der Waals surface area contributed by atoms with Crippen molar-refractivity contribution in [1.29, 1.82) is 0 Å². The van der Waals surface area contributed by atoms with E-state index in [-0.39, 0.29) is 54.7 Å². The molecule has 0 N–H and O–H groups in total. The van der Waals surface area contributed by atoms with Crippen LogP contribution in [0.5, 0.6) is 0 Å². The van der Waals surface area contributed by atoms with E-state index in [2.05, 4.69) is 71.1 Å². The van der Waals surface area contributed by atoms with Gasteiger partial charge >= 0.3 is 5.97 Å². The second-order valence-electron chi connectivity index (χ2n) is 13.9. The van der Waals surface area contributed by atoms with Crippen molar-refractivity contribution in [2.24, 2.45) is 17.3 Å². The highest BCUT2D eigenvalue weighted by Crippen LogP contribution is 2.48. The topological polar surface area (TPSA) is 80.3 Å². The minimum absolute atomic E-state index is 0.0189. The van der Waals surface area contributed by atoms with Crippen molar-refractivity contribution in [1.82, 2.24) is 0 Å². The smallest absolute Gasteiger partial charge is 0.309 e. The molecule has 3 aliphatic heterocycles. The Morgan fingerprint density at radius 2 is 1.62 bits per heavy atom. The van der Waals surface area contributed by atoms with Gasteiger partial charge in [-0.15, -0.1) is 0 Å². The van der Waals surface area contributed by atoms with E-state index in [1.807, 2.05) is 30.9 Å². The molecule has 0 spiro atoms. The van der Waals surface area contributed by atoms with Crippen LogP contribution in [0.4, 0.5) is 0 Å². The number of fused-ring (bicyclic) bond motifs is 4. The SMILES string of the molecule is CO[C@@]12C[C@@H]3C[C@H](O[Si](C(C)C)(C(C)C)C(C)C)[C@@H](C)[C@H](CC(=O)O[C@H](/C=C/I)C(C)(C)[C@@H](C[C@@H](C)C1=O)O2)O3. The number of esters is 1. The summed E-state index contributed by atoms with van der Waals surface area (Å²) in [6.45, 7) is 21.9. The Bertz CT molecular complexity index is 913. The lowest BCUT2D eigenvalue weighted by molar-refractivity contribution is -0.292. The monoisotopic (exact) mass is 692 g/mol. The van der Waals surface area contributed by atoms with Crippen LogP contribution in [0.15, 0.2) is 10.2 Å². The fourth-order valence-electron chi connectivity index (χ4n) is 7.65. The van der Waals surface area contributed by atoms with Gasteiger partial charge in [0.15, 0.2) is 5.78 Å². The predicted octanol–water partition coefficient (Wildman–Crippen LogP) is 7.36. The molecular formula is C31H53IO7Si. The largest absolute Gasteiger partial charge is 0.457 e. The van der Waals surface area contributed by atoms with E-state index in [1.165, 1.54) is 0 Å². The van der Waals surface area contributed by atoms with Crippen LogP contribution < -0.4 is 0 Å². The molecule has 3 saturated heterocycles. The first kappa shape index (κ1) is 34.2. The van der Waals surface area contributed by atoms with Crippen LogP contribution in [0.3, 0.4) is 0 Å². The van der Waals surface area contributed by atoms with Crippen molar-refractivity contribution in [3.8, 4) is 0 Å². The van der Waals surface area contributed by atoms with Crippen LogP contribution in [0.1, 0.15) is 94.9 Å². The third kappa shape index (κ3) is 6.44. The van der Waals surface area contributed by atoms with Crippen LogP contribution in [-0.2, 0) is 33.0 Å². The van der Waals surface area contributed by atoms with E-state index in [0.717, 1.165) is 0 Å². The first-order valence-electron chi connectivity index (χ1n) is 15.1. The van der Waals surface area contributed by atoms with Gasteiger partial charge in [-0.25, -0.2) is 0 Å². The standard InChI is InChI=1S/C31H53IO7Si/c1-18(2)40(19(3)4,20(5)6)39-25-15-23-17-31(35-11)29(34)21(7)14-27(38-31)30(9,10)26(12-13-32)37-28(33)16-24(36-23)22(25)8/h12-13,18-27H,14-17H2,1-11H3/b13-12+/t21-,22+,23+,24+,25+,26-,27-,31-/m1/s1. The Kier molecular flexibility index (Phi) is 11.2. The van der Waals surface area contributed by atoms with E-state index in [1.54, 1.807) is 7.11 Å². The summed E-state index contributed by atoms with van der Waals surface area (Å²) in [4.78, 5) is 27.2. The van der Waals surface area contributed by atoms with Gasteiger partial charge in [0.05, 0.1) is 30.8 Å². The van der Waals surface area contributed by atoms with E-state index < -0.39 is 31.7 Å². The quantitative estimate of drug-likeness (QED) is 0.157. The van der Waals surface area contributed by atoms with Crippen molar-refractivity contribution in [3.63, 3.8) is 0 Å². The molecule has 7 nitrogen and oxygen atoms in total. The molecule has 230 valence electrons. The average molecular weight is 693 g/mol. The summed E-state index contributed by atoms with van der Waals surface area (Å²) in [5.41, 5.74) is 0.689. The van der Waals surface area contributed by atoms with Crippen molar-refractivity contribution in [2.45, 2.75) is 148 Å². The van der Waals surface area contributed by atoms with Gasteiger partial charge in [0.2, 0.25) is 14.1 Å². The number of hydrogen-bond donors (Lipinski definition) is 0.